The van der Waals surface area contributed by atoms with Crippen LogP contribution in [-0.2, 0) is 6.54 Å². The van der Waals surface area contributed by atoms with E-state index in [0.717, 1.165) is 11.1 Å². The van der Waals surface area contributed by atoms with Gasteiger partial charge in [0.05, 0.1) is 7.11 Å². The van der Waals surface area contributed by atoms with Gasteiger partial charge in [0.25, 0.3) is 5.91 Å². The van der Waals surface area contributed by atoms with E-state index < -0.39 is 0 Å². The van der Waals surface area contributed by atoms with Gasteiger partial charge in [-0.2, -0.15) is 0 Å². The maximum atomic E-state index is 12.1. The van der Waals surface area contributed by atoms with Crippen LogP contribution in [0.4, 0.5) is 5.69 Å². The first-order valence-electron chi connectivity index (χ1n) is 6.48. The highest BCUT2D eigenvalue weighted by Gasteiger charge is 2.09. The van der Waals surface area contributed by atoms with Gasteiger partial charge in [-0.1, -0.05) is 17.7 Å². The number of hydrogen-bond acceptors (Lipinski definition) is 3. The van der Waals surface area contributed by atoms with Crippen molar-refractivity contribution in [3.8, 4) is 5.75 Å². The molecule has 4 nitrogen and oxygen atoms in total. The molecule has 0 saturated carbocycles. The number of nitrogen functional groups attached to an aromatic ring is 1. The van der Waals surface area contributed by atoms with Crippen molar-refractivity contribution < 1.29 is 9.53 Å². The second-order valence-corrected chi connectivity index (χ2v) is 5.13. The van der Waals surface area contributed by atoms with Gasteiger partial charge in [0.15, 0.2) is 0 Å². The first-order valence-corrected chi connectivity index (χ1v) is 6.86. The average Bonchev–Trinajstić information content (AvgIpc) is 2.47. The largest absolute Gasteiger partial charge is 0.496 e. The first-order chi connectivity index (χ1) is 10.0. The van der Waals surface area contributed by atoms with E-state index in [-0.39, 0.29) is 5.91 Å². The second kappa shape index (κ2) is 6.50. The molecule has 3 N–H and O–H groups in total. The minimum absolute atomic E-state index is 0.193. The lowest BCUT2D eigenvalue weighted by Crippen LogP contribution is -2.23. The Morgan fingerprint density at radius 3 is 2.71 bits per heavy atom. The summed E-state index contributed by atoms with van der Waals surface area (Å²) in [4.78, 5) is 12.1. The van der Waals surface area contributed by atoms with Crippen LogP contribution in [0.5, 0.6) is 5.75 Å². The molecular formula is C16H17ClN2O2. The number of anilines is 1. The molecule has 0 atom stereocenters. The average molecular weight is 305 g/mol. The lowest BCUT2D eigenvalue weighted by Gasteiger charge is -2.11. The van der Waals surface area contributed by atoms with Crippen molar-refractivity contribution in [1.82, 2.24) is 5.32 Å². The number of carbonyl (C=O) groups is 1. The molecule has 0 unspecified atom stereocenters. The predicted molar refractivity (Wildman–Crippen MR) is 84.8 cm³/mol. The fourth-order valence-corrected chi connectivity index (χ4v) is 2.13. The zero-order valence-corrected chi connectivity index (χ0v) is 12.7. The standard InChI is InChI=1S/C16H17ClN2O2/c1-10-3-4-11(8-14(10)17)16(20)19-9-12-7-13(18)5-6-15(12)21-2/h3-8H,9,18H2,1-2H3,(H,19,20). The third-order valence-electron chi connectivity index (χ3n) is 3.18. The van der Waals surface area contributed by atoms with E-state index in [0.29, 0.717) is 28.6 Å². The van der Waals surface area contributed by atoms with Gasteiger partial charge in [-0.15, -0.1) is 0 Å². The van der Waals surface area contributed by atoms with Crippen molar-refractivity contribution in [3.63, 3.8) is 0 Å². The Balaban J connectivity index is 2.10. The summed E-state index contributed by atoms with van der Waals surface area (Å²) in [7, 11) is 1.58. The number of nitrogens with two attached hydrogens (primary N) is 1. The highest BCUT2D eigenvalue weighted by atomic mass is 35.5. The van der Waals surface area contributed by atoms with Crippen LogP contribution in [0.1, 0.15) is 21.5 Å². The van der Waals surface area contributed by atoms with Gasteiger partial charge >= 0.3 is 0 Å². The molecule has 0 spiro atoms. The topological polar surface area (TPSA) is 64.3 Å². The minimum atomic E-state index is -0.193. The van der Waals surface area contributed by atoms with Crippen molar-refractivity contribution in [2.24, 2.45) is 0 Å². The molecule has 21 heavy (non-hydrogen) atoms. The van der Waals surface area contributed by atoms with Crippen molar-refractivity contribution in [3.05, 3.63) is 58.1 Å². The number of rotatable bonds is 4. The normalized spacial score (nSPS) is 10.2. The molecule has 0 aliphatic rings. The Bertz CT molecular complexity index is 671. The summed E-state index contributed by atoms with van der Waals surface area (Å²) >= 11 is 6.03. The monoisotopic (exact) mass is 304 g/mol. The molecule has 5 heteroatoms. The van der Waals surface area contributed by atoms with Gasteiger partial charge in [0.2, 0.25) is 0 Å². The Hall–Kier alpha value is -2.20. The number of ether oxygens (including phenoxy) is 1. The van der Waals surface area contributed by atoms with Crippen molar-refractivity contribution in [2.75, 3.05) is 12.8 Å². The van der Waals surface area contributed by atoms with E-state index in [9.17, 15) is 4.79 Å². The molecule has 2 rings (SSSR count). The van der Waals surface area contributed by atoms with Crippen LogP contribution in [0.2, 0.25) is 5.02 Å². The predicted octanol–water partition coefficient (Wildman–Crippen LogP) is 3.17. The van der Waals surface area contributed by atoms with E-state index in [2.05, 4.69) is 5.32 Å². The summed E-state index contributed by atoms with van der Waals surface area (Å²) < 4.78 is 5.25. The van der Waals surface area contributed by atoms with Gasteiger partial charge in [-0.05, 0) is 42.8 Å². The van der Waals surface area contributed by atoms with Gasteiger partial charge in [-0.25, -0.2) is 0 Å². The number of benzene rings is 2. The Morgan fingerprint density at radius 2 is 2.05 bits per heavy atom. The fraction of sp³-hybridized carbons (Fsp3) is 0.188. The molecule has 0 saturated heterocycles. The summed E-state index contributed by atoms with van der Waals surface area (Å²) in [6.07, 6.45) is 0. The highest BCUT2D eigenvalue weighted by molar-refractivity contribution is 6.31. The number of halogens is 1. The molecule has 0 bridgehead atoms. The Morgan fingerprint density at radius 1 is 1.29 bits per heavy atom. The lowest BCUT2D eigenvalue weighted by molar-refractivity contribution is 0.0950. The molecule has 0 fully saturated rings. The van der Waals surface area contributed by atoms with Crippen LogP contribution >= 0.6 is 11.6 Å². The lowest BCUT2D eigenvalue weighted by atomic mass is 10.1. The molecule has 1 amide bonds. The molecule has 110 valence electrons. The Labute approximate surface area is 128 Å². The summed E-state index contributed by atoms with van der Waals surface area (Å²) in [6.45, 7) is 2.22. The quantitative estimate of drug-likeness (QED) is 0.853. The maximum absolute atomic E-state index is 12.1. The van der Waals surface area contributed by atoms with E-state index in [1.807, 2.05) is 13.0 Å². The van der Waals surface area contributed by atoms with Gasteiger partial charge in [-0.3, -0.25) is 4.79 Å². The van der Waals surface area contributed by atoms with Crippen molar-refractivity contribution in [1.29, 1.82) is 0 Å². The summed E-state index contributed by atoms with van der Waals surface area (Å²) in [5.41, 5.74) is 8.65. The highest BCUT2D eigenvalue weighted by Crippen LogP contribution is 2.21. The Kier molecular flexibility index (Phi) is 4.70. The fourth-order valence-electron chi connectivity index (χ4n) is 1.95. The number of amides is 1. The van der Waals surface area contributed by atoms with Crippen LogP contribution in [0.25, 0.3) is 0 Å². The number of nitrogens with one attached hydrogen (secondary N) is 1. The van der Waals surface area contributed by atoms with Gasteiger partial charge in [0.1, 0.15) is 5.75 Å². The molecule has 2 aromatic carbocycles. The molecule has 0 aliphatic heterocycles. The molecule has 2 aromatic rings. The smallest absolute Gasteiger partial charge is 0.251 e. The molecule has 0 radical (unpaired) electrons. The van der Waals surface area contributed by atoms with Gasteiger partial charge in [0, 0.05) is 28.4 Å². The van der Waals surface area contributed by atoms with Crippen molar-refractivity contribution in [2.45, 2.75) is 13.5 Å². The molecular weight excluding hydrogens is 288 g/mol. The van der Waals surface area contributed by atoms with E-state index in [4.69, 9.17) is 22.1 Å². The van der Waals surface area contributed by atoms with E-state index >= 15 is 0 Å². The van der Waals surface area contributed by atoms with Crippen LogP contribution in [0.15, 0.2) is 36.4 Å². The first kappa shape index (κ1) is 15.2. The second-order valence-electron chi connectivity index (χ2n) is 4.72. The molecule has 0 heterocycles. The number of carbonyl (C=O) groups excluding carboxylic acids is 1. The zero-order valence-electron chi connectivity index (χ0n) is 11.9. The zero-order chi connectivity index (χ0) is 15.4. The summed E-state index contributed by atoms with van der Waals surface area (Å²) in [5.74, 6) is 0.493. The molecule has 0 aromatic heterocycles. The van der Waals surface area contributed by atoms with Crippen LogP contribution < -0.4 is 15.8 Å². The third kappa shape index (κ3) is 3.67. The van der Waals surface area contributed by atoms with Gasteiger partial charge < -0.3 is 15.8 Å². The van der Waals surface area contributed by atoms with Crippen LogP contribution in [-0.4, -0.2) is 13.0 Å². The molecule has 0 aliphatic carbocycles. The number of aryl methyl sites for hydroxylation is 1. The van der Waals surface area contributed by atoms with Crippen LogP contribution in [0.3, 0.4) is 0 Å². The van der Waals surface area contributed by atoms with E-state index in [1.165, 1.54) is 0 Å². The van der Waals surface area contributed by atoms with Crippen molar-refractivity contribution >= 4 is 23.2 Å². The number of methoxy groups -OCH3 is 1. The summed E-state index contributed by atoms with van der Waals surface area (Å²) in [5, 5.41) is 3.40. The minimum Gasteiger partial charge on any atom is -0.496 e. The SMILES string of the molecule is COc1ccc(N)cc1CNC(=O)c1ccc(C)c(Cl)c1. The van der Waals surface area contributed by atoms with Crippen LogP contribution in [0, 0.1) is 6.92 Å². The third-order valence-corrected chi connectivity index (χ3v) is 3.59. The summed E-state index contributed by atoms with van der Waals surface area (Å²) in [6, 6.07) is 10.5. The van der Waals surface area contributed by atoms with E-state index in [1.54, 1.807) is 37.4 Å². The maximum Gasteiger partial charge on any atom is 0.251 e. The number of hydrogen-bond donors (Lipinski definition) is 2.